The predicted molar refractivity (Wildman–Crippen MR) is 83.9 cm³/mol. The van der Waals surface area contributed by atoms with Gasteiger partial charge >= 0.3 is 0 Å². The lowest BCUT2D eigenvalue weighted by molar-refractivity contribution is 0.0948. The molecule has 1 aromatic carbocycles. The average Bonchev–Trinajstić information content (AvgIpc) is 2.49. The summed E-state index contributed by atoms with van der Waals surface area (Å²) in [6.45, 7) is 6.76. The molecule has 0 fully saturated rings. The van der Waals surface area contributed by atoms with Gasteiger partial charge in [0.15, 0.2) is 0 Å². The van der Waals surface area contributed by atoms with Crippen LogP contribution in [0.15, 0.2) is 30.5 Å². The van der Waals surface area contributed by atoms with Crippen LogP contribution in [0, 0.1) is 13.8 Å². The number of carbonyl (C=O) groups excluding carboxylic acids is 1. The van der Waals surface area contributed by atoms with E-state index >= 15 is 0 Å². The summed E-state index contributed by atoms with van der Waals surface area (Å²) in [4.78, 5) is 20.3. The minimum Gasteiger partial charge on any atom is -0.351 e. The highest BCUT2D eigenvalue weighted by molar-refractivity contribution is 5.92. The first-order chi connectivity index (χ1) is 10.1. The third kappa shape index (κ3) is 4.02. The Morgan fingerprint density at radius 1 is 1.19 bits per heavy atom. The molecule has 0 saturated carbocycles. The summed E-state index contributed by atoms with van der Waals surface area (Å²) in [6, 6.07) is 7.64. The topological polar surface area (TPSA) is 66.9 Å². The van der Waals surface area contributed by atoms with Crippen molar-refractivity contribution in [1.82, 2.24) is 15.3 Å². The minimum atomic E-state index is -0.178. The number of amides is 1. The maximum atomic E-state index is 11.9. The van der Waals surface area contributed by atoms with E-state index in [4.69, 9.17) is 0 Å². The maximum absolute atomic E-state index is 11.9. The molecule has 0 radical (unpaired) electrons. The highest BCUT2D eigenvalue weighted by Crippen LogP contribution is 2.17. The van der Waals surface area contributed by atoms with Gasteiger partial charge in [0.2, 0.25) is 5.95 Å². The fraction of sp³-hybridized carbons (Fsp3) is 0.312. The van der Waals surface area contributed by atoms with Crippen molar-refractivity contribution in [1.29, 1.82) is 0 Å². The van der Waals surface area contributed by atoms with Gasteiger partial charge in [-0.25, -0.2) is 9.97 Å². The number of carbonyl (C=O) groups is 1. The van der Waals surface area contributed by atoms with E-state index in [1.165, 1.54) is 11.1 Å². The monoisotopic (exact) mass is 284 g/mol. The summed E-state index contributed by atoms with van der Waals surface area (Å²) in [5.41, 5.74) is 3.69. The van der Waals surface area contributed by atoms with E-state index in [1.807, 2.05) is 25.1 Å². The molecule has 0 atom stereocenters. The number of rotatable bonds is 5. The van der Waals surface area contributed by atoms with Crippen LogP contribution in [0.3, 0.4) is 0 Å². The third-order valence-electron chi connectivity index (χ3n) is 3.19. The van der Waals surface area contributed by atoms with Crippen molar-refractivity contribution < 1.29 is 4.79 Å². The van der Waals surface area contributed by atoms with Gasteiger partial charge in [-0.2, -0.15) is 0 Å². The van der Waals surface area contributed by atoms with E-state index in [0.717, 1.165) is 12.1 Å². The van der Waals surface area contributed by atoms with Crippen molar-refractivity contribution in [3.05, 3.63) is 47.3 Å². The van der Waals surface area contributed by atoms with Gasteiger partial charge in [0.1, 0.15) is 5.69 Å². The van der Waals surface area contributed by atoms with Crippen molar-refractivity contribution in [2.45, 2.75) is 27.2 Å². The largest absolute Gasteiger partial charge is 0.351 e. The van der Waals surface area contributed by atoms with E-state index in [0.29, 0.717) is 18.2 Å². The number of aromatic nitrogens is 2. The van der Waals surface area contributed by atoms with E-state index in [9.17, 15) is 4.79 Å². The second-order valence-electron chi connectivity index (χ2n) is 4.95. The first kappa shape index (κ1) is 15.0. The highest BCUT2D eigenvalue weighted by atomic mass is 16.1. The van der Waals surface area contributed by atoms with E-state index < -0.39 is 0 Å². The summed E-state index contributed by atoms with van der Waals surface area (Å²) >= 11 is 0. The van der Waals surface area contributed by atoms with Gasteiger partial charge in [-0.05, 0) is 49.6 Å². The SMILES string of the molecule is CCCNC(=O)c1ccnc(Nc2ccc(C)c(C)c2)n1. The molecule has 5 nitrogen and oxygen atoms in total. The Labute approximate surface area is 124 Å². The lowest BCUT2D eigenvalue weighted by Gasteiger charge is -2.08. The van der Waals surface area contributed by atoms with Crippen LogP contribution in [-0.4, -0.2) is 22.4 Å². The van der Waals surface area contributed by atoms with Crippen molar-refractivity contribution in [2.75, 3.05) is 11.9 Å². The van der Waals surface area contributed by atoms with E-state index in [1.54, 1.807) is 12.3 Å². The lowest BCUT2D eigenvalue weighted by atomic mass is 10.1. The molecule has 21 heavy (non-hydrogen) atoms. The van der Waals surface area contributed by atoms with Crippen LogP contribution >= 0.6 is 0 Å². The number of hydrogen-bond acceptors (Lipinski definition) is 4. The quantitative estimate of drug-likeness (QED) is 0.885. The van der Waals surface area contributed by atoms with Gasteiger partial charge < -0.3 is 10.6 Å². The number of nitrogens with one attached hydrogen (secondary N) is 2. The second-order valence-corrected chi connectivity index (χ2v) is 4.95. The molecule has 2 N–H and O–H groups in total. The molecule has 0 unspecified atom stereocenters. The highest BCUT2D eigenvalue weighted by Gasteiger charge is 2.08. The minimum absolute atomic E-state index is 0.178. The Hall–Kier alpha value is -2.43. The summed E-state index contributed by atoms with van der Waals surface area (Å²) in [5.74, 6) is 0.241. The van der Waals surface area contributed by atoms with Gasteiger partial charge in [0.05, 0.1) is 0 Å². The van der Waals surface area contributed by atoms with Gasteiger partial charge in [0, 0.05) is 18.4 Å². The predicted octanol–water partition coefficient (Wildman–Crippen LogP) is 2.98. The molecular formula is C16H20N4O. The van der Waals surface area contributed by atoms with E-state index in [-0.39, 0.29) is 5.91 Å². The Balaban J connectivity index is 2.13. The van der Waals surface area contributed by atoms with Crippen molar-refractivity contribution >= 4 is 17.5 Å². The normalized spacial score (nSPS) is 10.2. The maximum Gasteiger partial charge on any atom is 0.270 e. The Morgan fingerprint density at radius 3 is 2.71 bits per heavy atom. The molecule has 1 heterocycles. The Morgan fingerprint density at radius 2 is 2.00 bits per heavy atom. The Bertz CT molecular complexity index is 640. The summed E-state index contributed by atoms with van der Waals surface area (Å²) in [6.07, 6.45) is 2.47. The van der Waals surface area contributed by atoms with Crippen LogP contribution in [0.1, 0.15) is 35.0 Å². The van der Waals surface area contributed by atoms with Gasteiger partial charge in [-0.1, -0.05) is 13.0 Å². The first-order valence-corrected chi connectivity index (χ1v) is 7.05. The van der Waals surface area contributed by atoms with Crippen LogP contribution in [0.2, 0.25) is 0 Å². The fourth-order valence-electron chi connectivity index (χ4n) is 1.82. The van der Waals surface area contributed by atoms with Gasteiger partial charge in [0.25, 0.3) is 5.91 Å². The molecule has 0 aliphatic heterocycles. The van der Waals surface area contributed by atoms with Crippen LogP contribution in [0.25, 0.3) is 0 Å². The molecule has 0 saturated heterocycles. The fourth-order valence-corrected chi connectivity index (χ4v) is 1.82. The van der Waals surface area contributed by atoms with Gasteiger partial charge in [-0.15, -0.1) is 0 Å². The second kappa shape index (κ2) is 6.83. The van der Waals surface area contributed by atoms with Crippen molar-refractivity contribution in [2.24, 2.45) is 0 Å². The molecule has 1 amide bonds. The standard InChI is InChI=1S/C16H20N4O/c1-4-8-17-15(21)14-7-9-18-16(20-14)19-13-6-5-11(2)12(3)10-13/h5-7,9-10H,4,8H2,1-3H3,(H,17,21)(H,18,19,20). The summed E-state index contributed by atoms with van der Waals surface area (Å²) < 4.78 is 0. The smallest absolute Gasteiger partial charge is 0.270 e. The van der Waals surface area contributed by atoms with Crippen molar-refractivity contribution in [3.63, 3.8) is 0 Å². The van der Waals surface area contributed by atoms with Crippen LogP contribution in [0.4, 0.5) is 11.6 Å². The summed E-state index contributed by atoms with van der Waals surface area (Å²) in [5, 5.41) is 5.92. The molecule has 0 spiro atoms. The van der Waals surface area contributed by atoms with Crippen molar-refractivity contribution in [3.8, 4) is 0 Å². The molecule has 1 aromatic heterocycles. The van der Waals surface area contributed by atoms with Gasteiger partial charge in [-0.3, -0.25) is 4.79 Å². The number of hydrogen-bond donors (Lipinski definition) is 2. The molecular weight excluding hydrogens is 264 g/mol. The molecule has 0 bridgehead atoms. The molecule has 5 heteroatoms. The molecule has 2 aromatic rings. The number of nitrogens with zero attached hydrogens (tertiary/aromatic N) is 2. The molecule has 0 aliphatic rings. The van der Waals surface area contributed by atoms with Crippen LogP contribution in [0.5, 0.6) is 0 Å². The number of benzene rings is 1. The molecule has 110 valence electrons. The Kier molecular flexibility index (Phi) is 4.87. The molecule has 2 rings (SSSR count). The summed E-state index contributed by atoms with van der Waals surface area (Å²) in [7, 11) is 0. The van der Waals surface area contributed by atoms with E-state index in [2.05, 4.69) is 34.4 Å². The zero-order chi connectivity index (χ0) is 15.2. The number of aryl methyl sites for hydroxylation is 2. The lowest BCUT2D eigenvalue weighted by Crippen LogP contribution is -2.25. The molecule has 0 aliphatic carbocycles. The zero-order valence-electron chi connectivity index (χ0n) is 12.6. The average molecular weight is 284 g/mol. The zero-order valence-corrected chi connectivity index (χ0v) is 12.6. The van der Waals surface area contributed by atoms with Crippen LogP contribution in [-0.2, 0) is 0 Å². The van der Waals surface area contributed by atoms with Crippen LogP contribution < -0.4 is 10.6 Å². The number of anilines is 2. The first-order valence-electron chi connectivity index (χ1n) is 7.05. The third-order valence-corrected chi connectivity index (χ3v) is 3.19.